The maximum atomic E-state index is 12.4. The number of hydrogen-bond donors (Lipinski definition) is 0. The molecule has 0 bridgehead atoms. The van der Waals surface area contributed by atoms with E-state index in [1.165, 1.54) is 11.8 Å². The molecule has 1 spiro atoms. The minimum Gasteiger partial charge on any atom is -0.487 e. The second-order valence-electron chi connectivity index (χ2n) is 11.0. The monoisotopic (exact) mass is 498 g/mol. The van der Waals surface area contributed by atoms with Crippen LogP contribution in [0.1, 0.15) is 51.2 Å². The number of hydrogen-bond acceptors (Lipinski definition) is 6. The van der Waals surface area contributed by atoms with E-state index in [-0.39, 0.29) is 11.7 Å². The minimum atomic E-state index is -3.21. The van der Waals surface area contributed by atoms with Crippen molar-refractivity contribution in [2.45, 2.75) is 69.0 Å². The molecule has 5 rings (SSSR count). The summed E-state index contributed by atoms with van der Waals surface area (Å²) in [7, 11) is -3.21. The summed E-state index contributed by atoms with van der Waals surface area (Å²) in [6.45, 7) is 7.77. The largest absolute Gasteiger partial charge is 0.487 e. The molecule has 0 aliphatic carbocycles. The van der Waals surface area contributed by atoms with E-state index in [1.807, 2.05) is 26.8 Å². The van der Waals surface area contributed by atoms with E-state index in [0.29, 0.717) is 18.0 Å². The third-order valence-electron chi connectivity index (χ3n) is 7.23. The highest BCUT2D eigenvalue weighted by molar-refractivity contribution is 7.90. The number of carbonyl (C=O) groups is 1. The number of sulfone groups is 1. The second-order valence-corrected chi connectivity index (χ2v) is 13.0. The molecule has 0 N–H and O–H groups in total. The minimum absolute atomic E-state index is 0.227. The van der Waals surface area contributed by atoms with Crippen LogP contribution in [0.5, 0.6) is 5.75 Å². The van der Waals surface area contributed by atoms with E-state index in [4.69, 9.17) is 9.47 Å². The van der Waals surface area contributed by atoms with Crippen LogP contribution in [-0.4, -0.2) is 56.5 Å². The van der Waals surface area contributed by atoms with Crippen molar-refractivity contribution in [2.24, 2.45) is 0 Å². The molecule has 0 saturated carbocycles. The fraction of sp³-hybridized carbons (Fsp3) is 0.519. The Balaban J connectivity index is 1.28. The number of nitrogens with zero attached hydrogens (tertiary/aromatic N) is 2. The van der Waals surface area contributed by atoms with Crippen LogP contribution in [0.15, 0.2) is 41.3 Å². The Labute approximate surface area is 207 Å². The number of aryl methyl sites for hydroxylation is 1. The summed E-state index contributed by atoms with van der Waals surface area (Å²) < 4.78 is 35.9. The lowest BCUT2D eigenvalue weighted by atomic mass is 9.83. The fourth-order valence-corrected chi connectivity index (χ4v) is 6.00. The summed E-state index contributed by atoms with van der Waals surface area (Å²) in [4.78, 5) is 16.9. The molecular formula is C27H34N2O5S. The van der Waals surface area contributed by atoms with Crippen LogP contribution in [0.4, 0.5) is 16.2 Å². The summed E-state index contributed by atoms with van der Waals surface area (Å²) in [5.41, 5.74) is 3.72. The number of amides is 1. The number of ether oxygens (including phenoxy) is 2. The SMILES string of the molecule is CC(C)(C)OC(=O)N1CCC2(CCc3cc(N4CCc5cc(S(C)(=O)=O)ccc54)ccc3O2)CC1. The molecule has 188 valence electrons. The van der Waals surface area contributed by atoms with Gasteiger partial charge in [0.1, 0.15) is 17.0 Å². The number of anilines is 2. The highest BCUT2D eigenvalue weighted by Gasteiger charge is 2.41. The molecule has 1 saturated heterocycles. The highest BCUT2D eigenvalue weighted by atomic mass is 32.2. The average molecular weight is 499 g/mol. The van der Waals surface area contributed by atoms with Crippen molar-refractivity contribution >= 4 is 27.3 Å². The average Bonchev–Trinajstić information content (AvgIpc) is 3.21. The number of benzene rings is 2. The molecular weight excluding hydrogens is 464 g/mol. The Morgan fingerprint density at radius 2 is 1.71 bits per heavy atom. The van der Waals surface area contributed by atoms with Crippen LogP contribution in [0, 0.1) is 0 Å². The fourth-order valence-electron chi connectivity index (χ4n) is 5.33. The van der Waals surface area contributed by atoms with Gasteiger partial charge in [0, 0.05) is 50.1 Å². The third kappa shape index (κ3) is 4.85. The predicted molar refractivity (Wildman–Crippen MR) is 135 cm³/mol. The molecule has 35 heavy (non-hydrogen) atoms. The summed E-state index contributed by atoms with van der Waals surface area (Å²) in [5.74, 6) is 0.928. The first kappa shape index (κ1) is 24.0. The zero-order valence-electron chi connectivity index (χ0n) is 21.0. The van der Waals surface area contributed by atoms with Gasteiger partial charge in [0.25, 0.3) is 0 Å². The first-order chi connectivity index (χ1) is 16.4. The normalized spacial score (nSPS) is 19.2. The number of likely N-dealkylation sites (tertiary alicyclic amines) is 1. The van der Waals surface area contributed by atoms with Crippen LogP contribution < -0.4 is 9.64 Å². The van der Waals surface area contributed by atoms with Gasteiger partial charge < -0.3 is 19.3 Å². The van der Waals surface area contributed by atoms with Crippen molar-refractivity contribution in [1.82, 2.24) is 4.90 Å². The molecule has 1 amide bonds. The van der Waals surface area contributed by atoms with Gasteiger partial charge in [0.05, 0.1) is 4.90 Å². The molecule has 0 aromatic heterocycles. The van der Waals surface area contributed by atoms with Gasteiger partial charge in [-0.05, 0) is 87.6 Å². The quantitative estimate of drug-likeness (QED) is 0.588. The lowest BCUT2D eigenvalue weighted by molar-refractivity contribution is -0.0272. The van der Waals surface area contributed by atoms with Crippen LogP contribution in [0.3, 0.4) is 0 Å². The Bertz CT molecular complexity index is 1260. The molecule has 0 radical (unpaired) electrons. The maximum absolute atomic E-state index is 12.4. The molecule has 2 aromatic rings. The summed E-state index contributed by atoms with van der Waals surface area (Å²) >= 11 is 0. The van der Waals surface area contributed by atoms with Crippen molar-refractivity contribution in [2.75, 3.05) is 30.8 Å². The number of fused-ring (bicyclic) bond motifs is 2. The van der Waals surface area contributed by atoms with Gasteiger partial charge in [-0.15, -0.1) is 0 Å². The first-order valence-electron chi connectivity index (χ1n) is 12.3. The van der Waals surface area contributed by atoms with E-state index >= 15 is 0 Å². The van der Waals surface area contributed by atoms with E-state index in [2.05, 4.69) is 23.1 Å². The molecule has 7 nitrogen and oxygen atoms in total. The van der Waals surface area contributed by atoms with Crippen LogP contribution >= 0.6 is 0 Å². The first-order valence-corrected chi connectivity index (χ1v) is 14.2. The van der Waals surface area contributed by atoms with E-state index in [1.54, 1.807) is 17.0 Å². The number of carbonyl (C=O) groups excluding carboxylic acids is 1. The van der Waals surface area contributed by atoms with Crippen LogP contribution in [0.25, 0.3) is 0 Å². The second kappa shape index (κ2) is 8.43. The zero-order chi connectivity index (χ0) is 25.0. The highest BCUT2D eigenvalue weighted by Crippen LogP contribution is 2.43. The lowest BCUT2D eigenvalue weighted by Crippen LogP contribution is -2.52. The Morgan fingerprint density at radius 3 is 2.40 bits per heavy atom. The van der Waals surface area contributed by atoms with Crippen LogP contribution in [-0.2, 0) is 27.4 Å². The van der Waals surface area contributed by atoms with Crippen molar-refractivity contribution in [1.29, 1.82) is 0 Å². The van der Waals surface area contributed by atoms with Gasteiger partial charge in [-0.25, -0.2) is 13.2 Å². The zero-order valence-corrected chi connectivity index (χ0v) is 21.8. The third-order valence-corrected chi connectivity index (χ3v) is 8.34. The lowest BCUT2D eigenvalue weighted by Gasteiger charge is -2.44. The molecule has 8 heteroatoms. The smallest absolute Gasteiger partial charge is 0.410 e. The van der Waals surface area contributed by atoms with E-state index < -0.39 is 15.4 Å². The van der Waals surface area contributed by atoms with Gasteiger partial charge in [-0.3, -0.25) is 0 Å². The summed E-state index contributed by atoms with van der Waals surface area (Å²) in [6, 6.07) is 11.8. The molecule has 0 atom stereocenters. The number of rotatable bonds is 2. The molecule has 3 aliphatic rings. The Morgan fingerprint density at radius 1 is 0.971 bits per heavy atom. The van der Waals surface area contributed by atoms with Crippen LogP contribution in [0.2, 0.25) is 0 Å². The molecule has 1 fully saturated rings. The maximum Gasteiger partial charge on any atom is 0.410 e. The molecule has 3 heterocycles. The van der Waals surface area contributed by atoms with Crippen molar-refractivity contribution in [3.05, 3.63) is 47.5 Å². The van der Waals surface area contributed by atoms with Crippen molar-refractivity contribution in [3.63, 3.8) is 0 Å². The van der Waals surface area contributed by atoms with E-state index in [9.17, 15) is 13.2 Å². The van der Waals surface area contributed by atoms with Gasteiger partial charge in [-0.2, -0.15) is 0 Å². The Hall–Kier alpha value is -2.74. The van der Waals surface area contributed by atoms with Gasteiger partial charge in [0.2, 0.25) is 0 Å². The Kier molecular flexibility index (Phi) is 5.78. The molecule has 2 aromatic carbocycles. The number of piperidine rings is 1. The van der Waals surface area contributed by atoms with Crippen molar-refractivity contribution in [3.8, 4) is 5.75 Å². The molecule has 3 aliphatic heterocycles. The van der Waals surface area contributed by atoms with E-state index in [0.717, 1.165) is 61.3 Å². The van der Waals surface area contributed by atoms with Gasteiger partial charge >= 0.3 is 6.09 Å². The standard InChI is InChI=1S/C27H34N2O5S/c1-26(2,3)34-25(30)28-15-12-27(13-16-28)11-9-20-17-21(5-8-24(20)33-27)29-14-10-19-18-22(35(4,31)32)6-7-23(19)29/h5-8,17-18H,9-16H2,1-4H3. The summed E-state index contributed by atoms with van der Waals surface area (Å²) in [6.07, 6.45) is 5.29. The topological polar surface area (TPSA) is 76.2 Å². The van der Waals surface area contributed by atoms with Crippen molar-refractivity contribution < 1.29 is 22.7 Å². The molecule has 0 unspecified atom stereocenters. The van der Waals surface area contributed by atoms with Gasteiger partial charge in [0.15, 0.2) is 9.84 Å². The summed E-state index contributed by atoms with van der Waals surface area (Å²) in [5, 5.41) is 0. The van der Waals surface area contributed by atoms with Gasteiger partial charge in [-0.1, -0.05) is 0 Å². The predicted octanol–water partition coefficient (Wildman–Crippen LogP) is 4.88.